The van der Waals surface area contributed by atoms with Crippen LogP contribution in [0.25, 0.3) is 0 Å². The van der Waals surface area contributed by atoms with Crippen molar-refractivity contribution in [1.82, 2.24) is 10.2 Å². The molecular weight excluding hydrogens is 269 g/mol. The Morgan fingerprint density at radius 3 is 2.86 bits per heavy atom. The number of hydrogen-bond donors (Lipinski definition) is 2. The van der Waals surface area contributed by atoms with Gasteiger partial charge >= 0.3 is 0 Å². The Morgan fingerprint density at radius 1 is 1.48 bits per heavy atom. The molecule has 3 N–H and O–H groups in total. The first-order valence-corrected chi connectivity index (χ1v) is 7.01. The maximum Gasteiger partial charge on any atom is 0.233 e. The summed E-state index contributed by atoms with van der Waals surface area (Å²) in [5.74, 6) is 4.99. The molecule has 0 saturated heterocycles. The molecular formula is C16H22FN3O. The van der Waals surface area contributed by atoms with E-state index in [4.69, 9.17) is 5.73 Å². The normalized spacial score (nSPS) is 10.1. The van der Waals surface area contributed by atoms with Crippen LogP contribution in [0.1, 0.15) is 24.5 Å². The number of carbonyl (C=O) groups is 1. The molecule has 0 aliphatic carbocycles. The van der Waals surface area contributed by atoms with E-state index in [1.165, 1.54) is 6.07 Å². The maximum atomic E-state index is 13.6. The second-order valence-electron chi connectivity index (χ2n) is 4.70. The van der Waals surface area contributed by atoms with E-state index in [1.54, 1.807) is 19.2 Å². The largest absolute Gasteiger partial charge is 0.358 e. The van der Waals surface area contributed by atoms with Gasteiger partial charge in [0.25, 0.3) is 0 Å². The number of nitrogens with two attached hydrogens (primary N) is 1. The molecule has 0 fully saturated rings. The Balaban J connectivity index is 2.85. The van der Waals surface area contributed by atoms with Crippen molar-refractivity contribution >= 4 is 5.91 Å². The minimum atomic E-state index is -0.354. The monoisotopic (exact) mass is 291 g/mol. The van der Waals surface area contributed by atoms with Crippen molar-refractivity contribution < 1.29 is 9.18 Å². The number of nitrogens with one attached hydrogen (secondary N) is 1. The third-order valence-corrected chi connectivity index (χ3v) is 2.95. The smallest absolute Gasteiger partial charge is 0.233 e. The quantitative estimate of drug-likeness (QED) is 0.772. The van der Waals surface area contributed by atoms with Gasteiger partial charge in [-0.15, -0.1) is 0 Å². The number of hydrogen-bond acceptors (Lipinski definition) is 3. The van der Waals surface area contributed by atoms with Crippen LogP contribution < -0.4 is 11.1 Å². The number of likely N-dealkylation sites (N-methyl/N-ethyl adjacent to an activating group) is 1. The average Bonchev–Trinajstić information content (AvgIpc) is 2.47. The van der Waals surface area contributed by atoms with Crippen LogP contribution in [-0.2, 0) is 11.3 Å². The molecule has 0 radical (unpaired) electrons. The molecule has 4 nitrogen and oxygen atoms in total. The van der Waals surface area contributed by atoms with Crippen LogP contribution in [0.4, 0.5) is 4.39 Å². The van der Waals surface area contributed by atoms with Crippen LogP contribution in [0.15, 0.2) is 18.2 Å². The summed E-state index contributed by atoms with van der Waals surface area (Å²) in [7, 11) is 1.62. The summed E-state index contributed by atoms with van der Waals surface area (Å²) in [6.45, 7) is 3.96. The molecule has 0 aromatic heterocycles. The second kappa shape index (κ2) is 9.11. The summed E-state index contributed by atoms with van der Waals surface area (Å²) < 4.78 is 13.6. The molecule has 0 heterocycles. The molecule has 114 valence electrons. The van der Waals surface area contributed by atoms with Crippen LogP contribution in [0, 0.1) is 17.7 Å². The van der Waals surface area contributed by atoms with E-state index in [1.807, 2.05) is 4.90 Å². The molecule has 0 aliphatic heterocycles. The van der Waals surface area contributed by atoms with Crippen LogP contribution in [0.3, 0.4) is 0 Å². The summed E-state index contributed by atoms with van der Waals surface area (Å²) in [5.41, 5.74) is 6.57. The van der Waals surface area contributed by atoms with Crippen LogP contribution in [0.2, 0.25) is 0 Å². The standard InChI is InChI=1S/C16H22FN3O/c1-3-9-20(12-16(21)19-2)11-13-6-7-15(17)14(10-13)5-4-8-18/h6-7,10H,3,8-9,11-12,18H2,1-2H3,(H,19,21). The van der Waals surface area contributed by atoms with Crippen molar-refractivity contribution in [3.05, 3.63) is 35.1 Å². The predicted octanol–water partition coefficient (Wildman–Crippen LogP) is 1.09. The lowest BCUT2D eigenvalue weighted by Gasteiger charge is -2.20. The van der Waals surface area contributed by atoms with Gasteiger partial charge in [0.1, 0.15) is 5.82 Å². The van der Waals surface area contributed by atoms with Crippen molar-refractivity contribution in [3.8, 4) is 11.8 Å². The third kappa shape index (κ3) is 5.94. The number of rotatable bonds is 6. The fourth-order valence-electron chi connectivity index (χ4n) is 1.98. The molecule has 1 aromatic carbocycles. The van der Waals surface area contributed by atoms with Crippen molar-refractivity contribution in [2.24, 2.45) is 5.73 Å². The molecule has 0 bridgehead atoms. The van der Waals surface area contributed by atoms with Gasteiger partial charge in [0.2, 0.25) is 5.91 Å². The Bertz CT molecular complexity index is 534. The van der Waals surface area contributed by atoms with Gasteiger partial charge in [-0.05, 0) is 30.7 Å². The Labute approximate surface area is 125 Å². The maximum absolute atomic E-state index is 13.6. The topological polar surface area (TPSA) is 58.4 Å². The van der Waals surface area contributed by atoms with E-state index < -0.39 is 0 Å². The number of carbonyl (C=O) groups excluding carboxylic acids is 1. The zero-order valence-electron chi connectivity index (χ0n) is 12.6. The van der Waals surface area contributed by atoms with Gasteiger partial charge in [-0.3, -0.25) is 9.69 Å². The molecule has 1 rings (SSSR count). The molecule has 0 aliphatic rings. The Kier molecular flexibility index (Phi) is 7.44. The van der Waals surface area contributed by atoms with E-state index in [-0.39, 0.29) is 18.3 Å². The van der Waals surface area contributed by atoms with Gasteiger partial charge in [0, 0.05) is 13.6 Å². The predicted molar refractivity (Wildman–Crippen MR) is 82.0 cm³/mol. The molecule has 1 aromatic rings. The minimum Gasteiger partial charge on any atom is -0.358 e. The van der Waals surface area contributed by atoms with E-state index in [2.05, 4.69) is 24.1 Å². The molecule has 21 heavy (non-hydrogen) atoms. The fourth-order valence-corrected chi connectivity index (χ4v) is 1.98. The average molecular weight is 291 g/mol. The molecule has 1 amide bonds. The summed E-state index contributed by atoms with van der Waals surface area (Å²) in [4.78, 5) is 13.5. The fraction of sp³-hybridized carbons (Fsp3) is 0.438. The lowest BCUT2D eigenvalue weighted by molar-refractivity contribution is -0.121. The second-order valence-corrected chi connectivity index (χ2v) is 4.70. The van der Waals surface area contributed by atoms with Crippen LogP contribution in [0.5, 0.6) is 0 Å². The lowest BCUT2D eigenvalue weighted by Crippen LogP contribution is -2.35. The van der Waals surface area contributed by atoms with Gasteiger partial charge in [-0.25, -0.2) is 4.39 Å². The third-order valence-electron chi connectivity index (χ3n) is 2.95. The highest BCUT2D eigenvalue weighted by molar-refractivity contribution is 5.77. The van der Waals surface area contributed by atoms with Crippen molar-refractivity contribution in [3.63, 3.8) is 0 Å². The summed E-state index contributed by atoms with van der Waals surface area (Å²) >= 11 is 0. The highest BCUT2D eigenvalue weighted by Gasteiger charge is 2.10. The van der Waals surface area contributed by atoms with E-state index >= 15 is 0 Å². The van der Waals surface area contributed by atoms with Crippen molar-refractivity contribution in [2.75, 3.05) is 26.7 Å². The molecule has 0 saturated carbocycles. The number of nitrogens with zero attached hydrogens (tertiary/aromatic N) is 1. The van der Waals surface area contributed by atoms with E-state index in [0.29, 0.717) is 18.7 Å². The van der Waals surface area contributed by atoms with Gasteiger partial charge in [-0.2, -0.15) is 0 Å². The molecule has 0 spiro atoms. The first-order valence-electron chi connectivity index (χ1n) is 7.01. The SMILES string of the molecule is CCCN(CC(=O)NC)Cc1ccc(F)c(C#CCN)c1. The summed E-state index contributed by atoms with van der Waals surface area (Å²) in [6.07, 6.45) is 0.942. The zero-order chi connectivity index (χ0) is 15.7. The van der Waals surface area contributed by atoms with Gasteiger partial charge in [0.15, 0.2) is 0 Å². The summed E-state index contributed by atoms with van der Waals surface area (Å²) in [5, 5.41) is 2.61. The lowest BCUT2D eigenvalue weighted by atomic mass is 10.1. The minimum absolute atomic E-state index is 0.0336. The highest BCUT2D eigenvalue weighted by Crippen LogP contribution is 2.12. The number of halogens is 1. The van der Waals surface area contributed by atoms with Gasteiger partial charge < -0.3 is 11.1 Å². The first-order chi connectivity index (χ1) is 10.1. The Morgan fingerprint density at radius 2 is 2.24 bits per heavy atom. The zero-order valence-corrected chi connectivity index (χ0v) is 12.6. The Hall–Kier alpha value is -1.90. The summed E-state index contributed by atoms with van der Waals surface area (Å²) in [6, 6.07) is 4.83. The highest BCUT2D eigenvalue weighted by atomic mass is 19.1. The van der Waals surface area contributed by atoms with Gasteiger partial charge in [-0.1, -0.05) is 24.8 Å². The number of benzene rings is 1. The molecule has 5 heteroatoms. The molecule has 0 unspecified atom stereocenters. The van der Waals surface area contributed by atoms with Gasteiger partial charge in [0.05, 0.1) is 18.7 Å². The van der Waals surface area contributed by atoms with Crippen molar-refractivity contribution in [2.45, 2.75) is 19.9 Å². The first kappa shape index (κ1) is 17.2. The van der Waals surface area contributed by atoms with Crippen LogP contribution in [-0.4, -0.2) is 37.5 Å². The van der Waals surface area contributed by atoms with Crippen LogP contribution >= 0.6 is 0 Å². The van der Waals surface area contributed by atoms with E-state index in [9.17, 15) is 9.18 Å². The van der Waals surface area contributed by atoms with E-state index in [0.717, 1.165) is 18.5 Å². The van der Waals surface area contributed by atoms with Crippen molar-refractivity contribution in [1.29, 1.82) is 0 Å². The number of amides is 1. The molecule has 0 atom stereocenters.